The van der Waals surface area contributed by atoms with E-state index in [1.165, 1.54) is 30.1 Å². The van der Waals surface area contributed by atoms with Gasteiger partial charge in [0, 0.05) is 38.2 Å². The minimum atomic E-state index is -4.86. The molecule has 10 heteroatoms. The van der Waals surface area contributed by atoms with Gasteiger partial charge in [-0.1, -0.05) is 18.2 Å². The van der Waals surface area contributed by atoms with Gasteiger partial charge in [0.25, 0.3) is 5.91 Å². The van der Waals surface area contributed by atoms with Crippen LogP contribution in [0.3, 0.4) is 0 Å². The highest BCUT2D eigenvalue weighted by atomic mass is 19.4. The van der Waals surface area contributed by atoms with E-state index in [-0.39, 0.29) is 30.6 Å². The average Bonchev–Trinajstić information content (AvgIpc) is 2.61. The third kappa shape index (κ3) is 6.74. The van der Waals surface area contributed by atoms with Gasteiger partial charge in [-0.15, -0.1) is 13.2 Å². The number of rotatable bonds is 7. The molecule has 2 rings (SSSR count). The Kier molecular flexibility index (Phi) is 7.13. The quantitative estimate of drug-likeness (QED) is 0.702. The fourth-order valence-corrected chi connectivity index (χ4v) is 2.45. The van der Waals surface area contributed by atoms with Crippen LogP contribution in [0.2, 0.25) is 0 Å². The van der Waals surface area contributed by atoms with E-state index in [1.54, 1.807) is 0 Å². The first-order chi connectivity index (χ1) is 13.6. The molecule has 0 aliphatic heterocycles. The van der Waals surface area contributed by atoms with Gasteiger partial charge in [0.1, 0.15) is 17.4 Å². The molecule has 0 fully saturated rings. The molecule has 2 amide bonds. The minimum Gasteiger partial charge on any atom is -0.405 e. The zero-order valence-corrected chi connectivity index (χ0v) is 15.2. The van der Waals surface area contributed by atoms with E-state index in [0.717, 1.165) is 18.2 Å². The van der Waals surface area contributed by atoms with Gasteiger partial charge in [-0.05, 0) is 18.2 Å². The fraction of sp³-hybridized carbons (Fsp3) is 0.263. The van der Waals surface area contributed by atoms with Crippen LogP contribution in [0.25, 0.3) is 0 Å². The van der Waals surface area contributed by atoms with Crippen LogP contribution in [0.4, 0.5) is 22.0 Å². The number of halogens is 5. The maximum atomic E-state index is 13.5. The summed E-state index contributed by atoms with van der Waals surface area (Å²) in [6.07, 6.45) is -5.04. The van der Waals surface area contributed by atoms with Gasteiger partial charge in [-0.25, -0.2) is 8.78 Å². The van der Waals surface area contributed by atoms with E-state index < -0.39 is 35.6 Å². The molecule has 0 bridgehead atoms. The van der Waals surface area contributed by atoms with E-state index in [9.17, 15) is 31.5 Å². The molecule has 5 nitrogen and oxygen atoms in total. The largest absolute Gasteiger partial charge is 0.573 e. The normalized spacial score (nSPS) is 11.1. The number of hydrogen-bond donors (Lipinski definition) is 1. The van der Waals surface area contributed by atoms with Crippen LogP contribution in [-0.4, -0.2) is 36.7 Å². The first-order valence-corrected chi connectivity index (χ1v) is 8.37. The lowest BCUT2D eigenvalue weighted by Gasteiger charge is -2.20. The smallest absolute Gasteiger partial charge is 0.405 e. The summed E-state index contributed by atoms with van der Waals surface area (Å²) in [5.41, 5.74) is -0.219. The van der Waals surface area contributed by atoms with Crippen molar-refractivity contribution in [2.45, 2.75) is 19.3 Å². The summed E-state index contributed by atoms with van der Waals surface area (Å²) in [4.78, 5) is 25.2. The third-order valence-corrected chi connectivity index (χ3v) is 3.83. The van der Waals surface area contributed by atoms with E-state index in [0.29, 0.717) is 6.07 Å². The zero-order chi connectivity index (χ0) is 21.6. The van der Waals surface area contributed by atoms with Crippen LogP contribution in [0, 0.1) is 11.6 Å². The Balaban J connectivity index is 1.89. The number of benzene rings is 2. The van der Waals surface area contributed by atoms with Gasteiger partial charge in [0.05, 0.1) is 5.56 Å². The molecule has 2 aromatic carbocycles. The van der Waals surface area contributed by atoms with Crippen molar-refractivity contribution in [2.75, 3.05) is 13.6 Å². The zero-order valence-electron chi connectivity index (χ0n) is 15.2. The summed E-state index contributed by atoms with van der Waals surface area (Å²) in [5.74, 6) is -3.56. The molecule has 0 unspecified atom stereocenters. The second-order valence-corrected chi connectivity index (χ2v) is 6.04. The van der Waals surface area contributed by atoms with Crippen LogP contribution < -0.4 is 10.1 Å². The third-order valence-electron chi connectivity index (χ3n) is 3.83. The summed E-state index contributed by atoms with van der Waals surface area (Å²) in [5, 5.41) is 2.33. The van der Waals surface area contributed by atoms with Crippen LogP contribution >= 0.6 is 0 Å². The average molecular weight is 416 g/mol. The second kappa shape index (κ2) is 9.35. The van der Waals surface area contributed by atoms with Gasteiger partial charge in [-0.3, -0.25) is 9.59 Å². The Labute approximate surface area is 163 Å². The Morgan fingerprint density at radius 3 is 2.45 bits per heavy atom. The molecule has 156 valence electrons. The molecule has 0 aliphatic carbocycles. The standard InChI is InChI=1S/C19H17F5N2O3/c1-26(11-12-4-2-3-5-16(12)29-19(22,23)24)17(27)8-9-25-18(28)14-7-6-13(20)10-15(14)21/h2-7,10H,8-9,11H2,1H3,(H,25,28). The number of para-hydroxylation sites is 1. The fourth-order valence-electron chi connectivity index (χ4n) is 2.45. The highest BCUT2D eigenvalue weighted by molar-refractivity contribution is 5.94. The molecule has 0 spiro atoms. The molecule has 1 N–H and O–H groups in total. The Bertz CT molecular complexity index is 886. The van der Waals surface area contributed by atoms with E-state index in [4.69, 9.17) is 0 Å². The van der Waals surface area contributed by atoms with Crippen LogP contribution in [0.5, 0.6) is 5.75 Å². The minimum absolute atomic E-state index is 0.139. The lowest BCUT2D eigenvalue weighted by molar-refractivity contribution is -0.275. The van der Waals surface area contributed by atoms with Crippen molar-refractivity contribution >= 4 is 11.8 Å². The van der Waals surface area contributed by atoms with Gasteiger partial charge in [0.15, 0.2) is 0 Å². The van der Waals surface area contributed by atoms with Gasteiger partial charge >= 0.3 is 6.36 Å². The van der Waals surface area contributed by atoms with Crippen molar-refractivity contribution in [3.05, 3.63) is 65.2 Å². The van der Waals surface area contributed by atoms with E-state index in [1.807, 2.05) is 0 Å². The maximum Gasteiger partial charge on any atom is 0.573 e. The van der Waals surface area contributed by atoms with Crippen LogP contribution in [0.15, 0.2) is 42.5 Å². The summed E-state index contributed by atoms with van der Waals surface area (Å²) in [6, 6.07) is 7.88. The van der Waals surface area contributed by atoms with E-state index >= 15 is 0 Å². The van der Waals surface area contributed by atoms with Crippen molar-refractivity contribution in [1.29, 1.82) is 0 Å². The number of hydrogen-bond acceptors (Lipinski definition) is 3. The Hall–Kier alpha value is -3.17. The molecule has 0 atom stereocenters. The Morgan fingerprint density at radius 2 is 1.79 bits per heavy atom. The summed E-state index contributed by atoms with van der Waals surface area (Å²) in [7, 11) is 1.38. The SMILES string of the molecule is CN(Cc1ccccc1OC(F)(F)F)C(=O)CCNC(=O)c1ccc(F)cc1F. The molecule has 29 heavy (non-hydrogen) atoms. The Morgan fingerprint density at radius 1 is 1.10 bits per heavy atom. The van der Waals surface area contributed by atoms with Crippen molar-refractivity contribution in [3.8, 4) is 5.75 Å². The summed E-state index contributed by atoms with van der Waals surface area (Å²) in [6.45, 7) is -0.287. The topological polar surface area (TPSA) is 58.6 Å². The van der Waals surface area contributed by atoms with Gasteiger partial charge in [0.2, 0.25) is 5.91 Å². The van der Waals surface area contributed by atoms with Crippen molar-refractivity contribution in [3.63, 3.8) is 0 Å². The number of ether oxygens (including phenoxy) is 1. The number of alkyl halides is 3. The van der Waals surface area contributed by atoms with Crippen molar-refractivity contribution < 1.29 is 36.3 Å². The van der Waals surface area contributed by atoms with Crippen LogP contribution in [-0.2, 0) is 11.3 Å². The highest BCUT2D eigenvalue weighted by Crippen LogP contribution is 2.27. The molecular weight excluding hydrogens is 399 g/mol. The number of nitrogens with one attached hydrogen (secondary N) is 1. The van der Waals surface area contributed by atoms with Gasteiger partial charge in [-0.2, -0.15) is 0 Å². The highest BCUT2D eigenvalue weighted by Gasteiger charge is 2.32. The molecule has 0 radical (unpaired) electrons. The molecule has 0 saturated heterocycles. The maximum absolute atomic E-state index is 13.5. The van der Waals surface area contributed by atoms with Crippen molar-refractivity contribution in [2.24, 2.45) is 0 Å². The number of nitrogens with zero attached hydrogens (tertiary/aromatic N) is 1. The predicted molar refractivity (Wildman–Crippen MR) is 92.9 cm³/mol. The number of carbonyl (C=O) groups is 2. The van der Waals surface area contributed by atoms with E-state index in [2.05, 4.69) is 10.1 Å². The number of amides is 2. The molecular formula is C19H17F5N2O3. The van der Waals surface area contributed by atoms with Gasteiger partial charge < -0.3 is 15.0 Å². The first-order valence-electron chi connectivity index (χ1n) is 8.37. The first kappa shape index (κ1) is 22.1. The molecule has 0 aliphatic rings. The van der Waals surface area contributed by atoms with Crippen molar-refractivity contribution in [1.82, 2.24) is 10.2 Å². The molecule has 0 saturated carbocycles. The lowest BCUT2D eigenvalue weighted by atomic mass is 10.2. The summed E-state index contributed by atoms with van der Waals surface area (Å²) < 4.78 is 67.7. The monoisotopic (exact) mass is 416 g/mol. The van der Waals surface area contributed by atoms with Crippen LogP contribution in [0.1, 0.15) is 22.3 Å². The molecule has 0 heterocycles. The summed E-state index contributed by atoms with van der Waals surface area (Å²) >= 11 is 0. The molecule has 0 aromatic heterocycles. The lowest BCUT2D eigenvalue weighted by Crippen LogP contribution is -2.32. The number of carbonyl (C=O) groups excluding carboxylic acids is 2. The predicted octanol–water partition coefficient (Wildman–Crippen LogP) is 3.64. The molecule has 2 aromatic rings. The second-order valence-electron chi connectivity index (χ2n) is 6.04.